The Morgan fingerprint density at radius 1 is 1.35 bits per heavy atom. The largest absolute Gasteiger partial charge is 0.478 e. The lowest BCUT2D eigenvalue weighted by Crippen LogP contribution is -2.23. The maximum Gasteiger partial charge on any atom is 0.328 e. The number of halogens is 1. The lowest BCUT2D eigenvalue weighted by Gasteiger charge is -2.02. The summed E-state index contributed by atoms with van der Waals surface area (Å²) in [5.74, 6) is -1.98. The van der Waals surface area contributed by atoms with E-state index in [1.807, 2.05) is 0 Å². The Morgan fingerprint density at radius 3 is 2.76 bits per heavy atom. The Balaban J connectivity index is 2.33. The first kappa shape index (κ1) is 12.9. The molecule has 1 rings (SSSR count). The molecule has 0 aliphatic rings. The number of carboxylic acids is 1. The molecule has 0 heterocycles. The van der Waals surface area contributed by atoms with E-state index in [0.29, 0.717) is 13.0 Å². The molecule has 0 unspecified atom stereocenters. The van der Waals surface area contributed by atoms with Gasteiger partial charge in [0.25, 0.3) is 0 Å². The van der Waals surface area contributed by atoms with Crippen LogP contribution < -0.4 is 5.32 Å². The molecule has 0 radical (unpaired) electrons. The lowest BCUT2D eigenvalue weighted by atomic mass is 10.1. The second-order valence-corrected chi connectivity index (χ2v) is 3.34. The van der Waals surface area contributed by atoms with E-state index in [0.717, 1.165) is 17.7 Å². The summed E-state index contributed by atoms with van der Waals surface area (Å²) in [6.07, 6.45) is 2.19. The Bertz CT molecular complexity index is 443. The molecule has 90 valence electrons. The third-order valence-corrected chi connectivity index (χ3v) is 1.98. The third-order valence-electron chi connectivity index (χ3n) is 1.98. The van der Waals surface area contributed by atoms with Crippen molar-refractivity contribution >= 4 is 11.9 Å². The van der Waals surface area contributed by atoms with Crippen LogP contribution in [0.1, 0.15) is 5.56 Å². The molecular formula is C12H12FNO3. The minimum Gasteiger partial charge on any atom is -0.478 e. The minimum absolute atomic E-state index is 0.320. The average molecular weight is 237 g/mol. The van der Waals surface area contributed by atoms with Crippen molar-refractivity contribution in [3.63, 3.8) is 0 Å². The highest BCUT2D eigenvalue weighted by atomic mass is 19.1. The van der Waals surface area contributed by atoms with Gasteiger partial charge in [0.1, 0.15) is 5.82 Å². The quantitative estimate of drug-likeness (QED) is 0.754. The van der Waals surface area contributed by atoms with Crippen LogP contribution >= 0.6 is 0 Å². The van der Waals surface area contributed by atoms with Gasteiger partial charge in [-0.15, -0.1) is 0 Å². The number of carbonyl (C=O) groups excluding carboxylic acids is 1. The molecule has 5 heteroatoms. The molecule has 0 bridgehead atoms. The van der Waals surface area contributed by atoms with E-state index in [2.05, 4.69) is 5.32 Å². The first-order valence-corrected chi connectivity index (χ1v) is 5.01. The van der Waals surface area contributed by atoms with Gasteiger partial charge in [0, 0.05) is 18.7 Å². The fraction of sp³-hybridized carbons (Fsp3) is 0.167. The number of hydrogen-bond acceptors (Lipinski definition) is 2. The van der Waals surface area contributed by atoms with Crippen LogP contribution in [0.2, 0.25) is 0 Å². The molecule has 0 aliphatic carbocycles. The van der Waals surface area contributed by atoms with Crippen molar-refractivity contribution in [3.05, 3.63) is 47.8 Å². The molecule has 4 nitrogen and oxygen atoms in total. The lowest BCUT2D eigenvalue weighted by molar-refractivity contribution is -0.131. The topological polar surface area (TPSA) is 66.4 Å². The zero-order valence-corrected chi connectivity index (χ0v) is 9.02. The van der Waals surface area contributed by atoms with E-state index in [-0.39, 0.29) is 5.82 Å². The van der Waals surface area contributed by atoms with Crippen LogP contribution in [0.5, 0.6) is 0 Å². The van der Waals surface area contributed by atoms with E-state index in [9.17, 15) is 14.0 Å². The number of carboxylic acid groups (broad SMARTS) is 1. The zero-order valence-electron chi connectivity index (χ0n) is 9.02. The van der Waals surface area contributed by atoms with Crippen molar-refractivity contribution in [1.29, 1.82) is 0 Å². The van der Waals surface area contributed by atoms with E-state index >= 15 is 0 Å². The smallest absolute Gasteiger partial charge is 0.328 e. The molecule has 0 atom stereocenters. The summed E-state index contributed by atoms with van der Waals surface area (Å²) >= 11 is 0. The van der Waals surface area contributed by atoms with E-state index in [1.165, 1.54) is 12.1 Å². The molecule has 0 spiro atoms. The van der Waals surface area contributed by atoms with Gasteiger partial charge >= 0.3 is 5.97 Å². The second kappa shape index (κ2) is 6.42. The van der Waals surface area contributed by atoms with Crippen LogP contribution in [-0.4, -0.2) is 23.5 Å². The number of nitrogens with one attached hydrogen (secondary N) is 1. The normalized spacial score (nSPS) is 10.4. The Hall–Kier alpha value is -2.17. The number of aliphatic carboxylic acids is 1. The van der Waals surface area contributed by atoms with Crippen LogP contribution in [0, 0.1) is 5.82 Å². The van der Waals surface area contributed by atoms with Crippen LogP contribution in [0.15, 0.2) is 36.4 Å². The summed E-state index contributed by atoms with van der Waals surface area (Å²) in [6, 6.07) is 6.08. The molecule has 0 fully saturated rings. The summed E-state index contributed by atoms with van der Waals surface area (Å²) in [6.45, 7) is 0.326. The fourth-order valence-electron chi connectivity index (χ4n) is 1.23. The predicted molar refractivity (Wildman–Crippen MR) is 59.9 cm³/mol. The highest BCUT2D eigenvalue weighted by molar-refractivity contribution is 5.93. The Kier molecular flexibility index (Phi) is 4.87. The van der Waals surface area contributed by atoms with Gasteiger partial charge in [-0.3, -0.25) is 4.79 Å². The SMILES string of the molecule is O=C(O)/C=C/C(=O)NCCc1cccc(F)c1. The van der Waals surface area contributed by atoms with Gasteiger partial charge in [-0.2, -0.15) is 0 Å². The molecule has 0 saturated carbocycles. The molecule has 1 aromatic carbocycles. The molecule has 0 aromatic heterocycles. The standard InChI is InChI=1S/C12H12FNO3/c13-10-3-1-2-9(8-10)6-7-14-11(15)4-5-12(16)17/h1-5,8H,6-7H2,(H,14,15)(H,16,17)/b5-4+. The first-order chi connectivity index (χ1) is 8.08. The Labute approximate surface area is 97.8 Å². The third kappa shape index (κ3) is 5.46. The summed E-state index contributed by atoms with van der Waals surface area (Å²) in [7, 11) is 0. The minimum atomic E-state index is -1.18. The highest BCUT2D eigenvalue weighted by Gasteiger charge is 1.98. The molecule has 0 saturated heterocycles. The molecule has 1 amide bonds. The number of rotatable bonds is 5. The molecule has 2 N–H and O–H groups in total. The van der Waals surface area contributed by atoms with Crippen LogP contribution in [0.3, 0.4) is 0 Å². The summed E-state index contributed by atoms with van der Waals surface area (Å²) in [5.41, 5.74) is 0.771. The maximum atomic E-state index is 12.8. The van der Waals surface area contributed by atoms with Gasteiger partial charge in [0.2, 0.25) is 5.91 Å². The van der Waals surface area contributed by atoms with Gasteiger partial charge in [-0.1, -0.05) is 12.1 Å². The van der Waals surface area contributed by atoms with E-state index in [4.69, 9.17) is 5.11 Å². The van der Waals surface area contributed by atoms with Gasteiger partial charge in [0.05, 0.1) is 0 Å². The molecular weight excluding hydrogens is 225 g/mol. The maximum absolute atomic E-state index is 12.8. The van der Waals surface area contributed by atoms with Crippen molar-refractivity contribution in [2.24, 2.45) is 0 Å². The van der Waals surface area contributed by atoms with Crippen LogP contribution in [0.4, 0.5) is 4.39 Å². The second-order valence-electron chi connectivity index (χ2n) is 3.34. The molecule has 0 aliphatic heterocycles. The van der Waals surface area contributed by atoms with Crippen molar-refractivity contribution < 1.29 is 19.1 Å². The van der Waals surface area contributed by atoms with Crippen LogP contribution in [0.25, 0.3) is 0 Å². The van der Waals surface area contributed by atoms with E-state index in [1.54, 1.807) is 12.1 Å². The van der Waals surface area contributed by atoms with Gasteiger partial charge in [-0.05, 0) is 24.1 Å². The van der Waals surface area contributed by atoms with Gasteiger partial charge in [-0.25, -0.2) is 9.18 Å². The van der Waals surface area contributed by atoms with Crippen molar-refractivity contribution in [2.45, 2.75) is 6.42 Å². The van der Waals surface area contributed by atoms with E-state index < -0.39 is 11.9 Å². The highest BCUT2D eigenvalue weighted by Crippen LogP contribution is 2.03. The summed E-state index contributed by atoms with van der Waals surface area (Å²) < 4.78 is 12.8. The van der Waals surface area contributed by atoms with Crippen LogP contribution in [-0.2, 0) is 16.0 Å². The zero-order chi connectivity index (χ0) is 12.7. The summed E-state index contributed by atoms with van der Waals surface area (Å²) in [4.78, 5) is 21.2. The predicted octanol–water partition coefficient (Wildman–Crippen LogP) is 1.13. The summed E-state index contributed by atoms with van der Waals surface area (Å²) in [5, 5.41) is 10.8. The average Bonchev–Trinajstić information content (AvgIpc) is 2.26. The number of amides is 1. The van der Waals surface area contributed by atoms with Crippen molar-refractivity contribution in [1.82, 2.24) is 5.32 Å². The molecule has 1 aromatic rings. The van der Waals surface area contributed by atoms with Crippen molar-refractivity contribution in [3.8, 4) is 0 Å². The number of hydrogen-bond donors (Lipinski definition) is 2. The number of benzene rings is 1. The fourth-order valence-corrected chi connectivity index (χ4v) is 1.23. The number of carbonyl (C=O) groups is 2. The first-order valence-electron chi connectivity index (χ1n) is 5.01. The van der Waals surface area contributed by atoms with Gasteiger partial charge < -0.3 is 10.4 Å². The van der Waals surface area contributed by atoms with Gasteiger partial charge in [0.15, 0.2) is 0 Å². The van der Waals surface area contributed by atoms with Crippen molar-refractivity contribution in [2.75, 3.05) is 6.54 Å². The molecule has 17 heavy (non-hydrogen) atoms. The Morgan fingerprint density at radius 2 is 2.12 bits per heavy atom. The monoisotopic (exact) mass is 237 g/mol.